The van der Waals surface area contributed by atoms with Crippen molar-refractivity contribution in [2.75, 3.05) is 0 Å². The average Bonchev–Trinajstić information content (AvgIpc) is 2.75. The van der Waals surface area contributed by atoms with E-state index in [-0.39, 0.29) is 11.5 Å². The number of halogens is 5. The third-order valence-corrected chi connectivity index (χ3v) is 6.95. The molecule has 0 spiro atoms. The fourth-order valence-electron chi connectivity index (χ4n) is 4.16. The van der Waals surface area contributed by atoms with E-state index in [0.717, 1.165) is 18.9 Å². The number of rotatable bonds is 2. The van der Waals surface area contributed by atoms with Crippen LogP contribution in [0.25, 0.3) is 0 Å². The molecule has 9 heteroatoms. The number of sulfone groups is 1. The van der Waals surface area contributed by atoms with Crippen LogP contribution in [0.4, 0.5) is 22.0 Å². The highest BCUT2D eigenvalue weighted by Crippen LogP contribution is 2.51. The van der Waals surface area contributed by atoms with E-state index in [1.165, 1.54) is 6.07 Å². The zero-order valence-electron chi connectivity index (χ0n) is 14.0. The highest BCUT2D eigenvalue weighted by Gasteiger charge is 2.55. The minimum atomic E-state index is -5.84. The maximum absolute atomic E-state index is 14.1. The number of aliphatic hydroxyl groups excluding tert-OH is 1. The zero-order chi connectivity index (χ0) is 19.5. The first-order valence-corrected chi connectivity index (χ1v) is 9.87. The van der Waals surface area contributed by atoms with Crippen molar-refractivity contribution in [3.8, 4) is 0 Å². The summed E-state index contributed by atoms with van der Waals surface area (Å²) in [5.74, 6) is -3.49. The van der Waals surface area contributed by atoms with Crippen LogP contribution < -0.4 is 0 Å². The molecule has 0 saturated heterocycles. The van der Waals surface area contributed by atoms with E-state index < -0.39 is 44.3 Å². The molecule has 0 aliphatic heterocycles. The fourth-order valence-corrected chi connectivity index (χ4v) is 5.18. The van der Waals surface area contributed by atoms with Crippen LogP contribution in [-0.4, -0.2) is 25.0 Å². The summed E-state index contributed by atoms with van der Waals surface area (Å²) in [5.41, 5.74) is -6.13. The maximum Gasteiger partial charge on any atom is 0.501 e. The molecule has 3 atom stereocenters. The highest BCUT2D eigenvalue weighted by atomic mass is 32.2. The topological polar surface area (TPSA) is 54.4 Å². The Morgan fingerprint density at radius 1 is 1.19 bits per heavy atom. The second-order valence-corrected chi connectivity index (χ2v) is 9.21. The quantitative estimate of drug-likeness (QED) is 0.747. The molecule has 1 aromatic carbocycles. The monoisotopic (exact) mass is 398 g/mol. The molecule has 26 heavy (non-hydrogen) atoms. The number of hydrogen-bond donors (Lipinski definition) is 1. The molecule has 146 valence electrons. The van der Waals surface area contributed by atoms with Crippen LogP contribution >= 0.6 is 0 Å². The predicted molar refractivity (Wildman–Crippen MR) is 83.7 cm³/mol. The SMILES string of the molecule is C[C@H]1CCC[C@@H](c2ccc(S(=O)(=O)C(F)(F)F)c3c2CC(F)(F)[C@H]3O)C1. The summed E-state index contributed by atoms with van der Waals surface area (Å²) in [6.07, 6.45) is -0.278. The van der Waals surface area contributed by atoms with Gasteiger partial charge in [-0.15, -0.1) is 0 Å². The van der Waals surface area contributed by atoms with Crippen LogP contribution in [0.3, 0.4) is 0 Å². The minimum Gasteiger partial charge on any atom is -0.382 e. The Balaban J connectivity index is 2.19. The Bertz CT molecular complexity index is 816. The molecule has 0 heterocycles. The molecule has 0 bridgehead atoms. The lowest BCUT2D eigenvalue weighted by Crippen LogP contribution is -2.26. The van der Waals surface area contributed by atoms with Gasteiger partial charge in [0, 0.05) is 12.0 Å². The fraction of sp³-hybridized carbons (Fsp3) is 0.647. The van der Waals surface area contributed by atoms with Gasteiger partial charge in [-0.3, -0.25) is 0 Å². The van der Waals surface area contributed by atoms with Crippen molar-refractivity contribution in [2.24, 2.45) is 5.92 Å². The molecule has 1 fully saturated rings. The van der Waals surface area contributed by atoms with Crippen LogP contribution in [0.5, 0.6) is 0 Å². The van der Waals surface area contributed by atoms with Gasteiger partial charge in [0.25, 0.3) is 15.8 Å². The van der Waals surface area contributed by atoms with Gasteiger partial charge >= 0.3 is 5.51 Å². The molecule has 1 N–H and O–H groups in total. The molecular formula is C17H19F5O3S. The van der Waals surface area contributed by atoms with Gasteiger partial charge in [0.15, 0.2) is 0 Å². The third kappa shape index (κ3) is 3.02. The van der Waals surface area contributed by atoms with E-state index in [0.29, 0.717) is 24.3 Å². The number of alkyl halides is 5. The Labute approximate surface area is 148 Å². The summed E-state index contributed by atoms with van der Waals surface area (Å²) in [7, 11) is -5.84. The molecule has 0 amide bonds. The maximum atomic E-state index is 14.1. The first-order chi connectivity index (χ1) is 11.9. The molecule has 3 nitrogen and oxygen atoms in total. The Hall–Kier alpha value is -1.22. The van der Waals surface area contributed by atoms with E-state index in [2.05, 4.69) is 0 Å². The van der Waals surface area contributed by atoms with Gasteiger partial charge < -0.3 is 5.11 Å². The van der Waals surface area contributed by atoms with Gasteiger partial charge in [0.1, 0.15) is 6.10 Å². The van der Waals surface area contributed by atoms with Crippen molar-refractivity contribution >= 4 is 9.84 Å². The number of fused-ring (bicyclic) bond motifs is 1. The van der Waals surface area contributed by atoms with Crippen molar-refractivity contribution in [3.05, 3.63) is 28.8 Å². The van der Waals surface area contributed by atoms with Crippen molar-refractivity contribution in [2.45, 2.75) is 67.4 Å². The van der Waals surface area contributed by atoms with Crippen LogP contribution in [0.2, 0.25) is 0 Å². The van der Waals surface area contributed by atoms with Crippen LogP contribution in [-0.2, 0) is 16.3 Å². The molecule has 0 unspecified atom stereocenters. The van der Waals surface area contributed by atoms with E-state index in [1.54, 1.807) is 0 Å². The highest BCUT2D eigenvalue weighted by molar-refractivity contribution is 7.92. The van der Waals surface area contributed by atoms with Gasteiger partial charge in [0.2, 0.25) is 0 Å². The normalized spacial score (nSPS) is 28.8. The lowest BCUT2D eigenvalue weighted by Gasteiger charge is -2.29. The summed E-state index contributed by atoms with van der Waals surface area (Å²) in [4.78, 5) is -1.27. The van der Waals surface area contributed by atoms with Crippen molar-refractivity contribution in [3.63, 3.8) is 0 Å². The molecule has 3 rings (SSSR count). The van der Waals surface area contributed by atoms with Crippen molar-refractivity contribution < 1.29 is 35.5 Å². The minimum absolute atomic E-state index is 0.128. The van der Waals surface area contributed by atoms with Crippen molar-refractivity contribution in [1.29, 1.82) is 0 Å². The number of hydrogen-bond acceptors (Lipinski definition) is 3. The Morgan fingerprint density at radius 3 is 2.42 bits per heavy atom. The summed E-state index contributed by atoms with van der Waals surface area (Å²) in [5, 5.41) is 9.91. The van der Waals surface area contributed by atoms with Crippen LogP contribution in [0.1, 0.15) is 61.3 Å². The first-order valence-electron chi connectivity index (χ1n) is 8.39. The van der Waals surface area contributed by atoms with Crippen LogP contribution in [0.15, 0.2) is 17.0 Å². The van der Waals surface area contributed by atoms with E-state index >= 15 is 0 Å². The Morgan fingerprint density at radius 2 is 1.85 bits per heavy atom. The van der Waals surface area contributed by atoms with Gasteiger partial charge in [-0.05, 0) is 41.9 Å². The summed E-state index contributed by atoms with van der Waals surface area (Å²) in [6, 6.07) is 1.94. The number of aliphatic hydroxyl groups is 1. The largest absolute Gasteiger partial charge is 0.501 e. The standard InChI is InChI=1S/C17H19F5O3S/c1-9-3-2-4-10(7-9)11-5-6-13(26(24,25)17(20,21)22)14-12(11)8-16(18,19)15(14)23/h5-6,9-10,15,23H,2-4,7-8H2,1H3/t9-,10+,15-/m0/s1. The summed E-state index contributed by atoms with van der Waals surface area (Å²) >= 11 is 0. The molecule has 1 aromatic rings. The molecule has 0 aromatic heterocycles. The molecule has 2 aliphatic carbocycles. The van der Waals surface area contributed by atoms with Gasteiger partial charge in [-0.25, -0.2) is 17.2 Å². The molecule has 1 saturated carbocycles. The zero-order valence-corrected chi connectivity index (χ0v) is 14.8. The average molecular weight is 398 g/mol. The van der Waals surface area contributed by atoms with Gasteiger partial charge in [0.05, 0.1) is 4.90 Å². The Kier molecular flexibility index (Phi) is 4.62. The summed E-state index contributed by atoms with van der Waals surface area (Å²) < 4.78 is 90.7. The molecule has 2 aliphatic rings. The van der Waals surface area contributed by atoms with E-state index in [9.17, 15) is 35.5 Å². The van der Waals surface area contributed by atoms with E-state index in [1.807, 2.05) is 6.92 Å². The third-order valence-electron chi connectivity index (χ3n) is 5.41. The second kappa shape index (κ2) is 6.15. The van der Waals surface area contributed by atoms with Crippen molar-refractivity contribution in [1.82, 2.24) is 0 Å². The van der Waals surface area contributed by atoms with E-state index in [4.69, 9.17) is 0 Å². The summed E-state index contributed by atoms with van der Waals surface area (Å²) in [6.45, 7) is 2.01. The number of benzene rings is 1. The predicted octanol–water partition coefficient (Wildman–Crippen LogP) is 4.50. The smallest absolute Gasteiger partial charge is 0.382 e. The lowest BCUT2D eigenvalue weighted by molar-refractivity contribution is -0.0978. The second-order valence-electron chi connectivity index (χ2n) is 7.30. The lowest BCUT2D eigenvalue weighted by atomic mass is 9.77. The molecular weight excluding hydrogens is 379 g/mol. The van der Waals surface area contributed by atoms with Gasteiger partial charge in [-0.2, -0.15) is 13.2 Å². The molecule has 0 radical (unpaired) electrons. The van der Waals surface area contributed by atoms with Crippen LogP contribution in [0, 0.1) is 5.92 Å². The first kappa shape index (κ1) is 19.5. The van der Waals surface area contributed by atoms with Gasteiger partial charge in [-0.1, -0.05) is 25.8 Å².